The van der Waals surface area contributed by atoms with Crippen molar-refractivity contribution < 1.29 is 0 Å². The summed E-state index contributed by atoms with van der Waals surface area (Å²) in [4.78, 5) is 0. The minimum atomic E-state index is 0.870. The lowest BCUT2D eigenvalue weighted by molar-refractivity contribution is 0.578. The van der Waals surface area contributed by atoms with Gasteiger partial charge in [-0.2, -0.15) is 5.26 Å². The highest BCUT2D eigenvalue weighted by Crippen LogP contribution is 2.07. The Morgan fingerprint density at radius 1 is 1.07 bits per heavy atom. The second-order valence-electron chi connectivity index (χ2n) is 3.60. The number of rotatable bonds is 8. The quantitative estimate of drug-likeness (QED) is 0.489. The molecule has 0 aliphatic rings. The molecule has 0 aliphatic heterocycles. The van der Waals surface area contributed by atoms with E-state index in [1.165, 1.54) is 57.4 Å². The monoisotopic (exact) mass is 210 g/mol. The van der Waals surface area contributed by atoms with Gasteiger partial charge in [0.15, 0.2) is 0 Å². The minimum absolute atomic E-state index is 0.870. The largest absolute Gasteiger partial charge is 0.330 e. The predicted octanol–water partition coefficient (Wildman–Crippen LogP) is 3.78. The van der Waals surface area contributed by atoms with Crippen LogP contribution in [0.4, 0.5) is 0 Å². The molecule has 0 radical (unpaired) electrons. The summed E-state index contributed by atoms with van der Waals surface area (Å²) in [6.45, 7) is 6.25. The number of hydrogen-bond acceptors (Lipinski definition) is 2. The van der Waals surface area contributed by atoms with Gasteiger partial charge in [0, 0.05) is 6.08 Å². The van der Waals surface area contributed by atoms with Crippen molar-refractivity contribution >= 4 is 0 Å². The topological polar surface area (TPSA) is 49.8 Å². The Morgan fingerprint density at radius 3 is 1.80 bits per heavy atom. The molecule has 0 rings (SSSR count). The van der Waals surface area contributed by atoms with Crippen LogP contribution in [0.5, 0.6) is 0 Å². The molecule has 0 aromatic rings. The van der Waals surface area contributed by atoms with Crippen molar-refractivity contribution in [3.63, 3.8) is 0 Å². The molecule has 2 N–H and O–H groups in total. The Kier molecular flexibility index (Phi) is 20.9. The first-order valence-corrected chi connectivity index (χ1v) is 6.04. The molecule has 2 heteroatoms. The van der Waals surface area contributed by atoms with E-state index in [2.05, 4.69) is 13.5 Å². The van der Waals surface area contributed by atoms with Gasteiger partial charge in [0.25, 0.3) is 0 Å². The van der Waals surface area contributed by atoms with Crippen molar-refractivity contribution in [2.24, 2.45) is 5.73 Å². The van der Waals surface area contributed by atoms with E-state index in [9.17, 15) is 0 Å². The van der Waals surface area contributed by atoms with Crippen LogP contribution in [0, 0.1) is 11.3 Å². The summed E-state index contributed by atoms with van der Waals surface area (Å²) in [5.74, 6) is 0. The lowest BCUT2D eigenvalue weighted by Gasteiger charge is -1.99. The molecule has 0 aromatic heterocycles. The highest BCUT2D eigenvalue weighted by molar-refractivity contribution is 4.93. The summed E-state index contributed by atoms with van der Waals surface area (Å²) in [6.07, 6.45) is 12.2. The summed E-state index contributed by atoms with van der Waals surface area (Å²) in [5.41, 5.74) is 5.39. The molecule has 0 saturated carbocycles. The zero-order valence-corrected chi connectivity index (χ0v) is 10.2. The smallest absolute Gasteiger partial charge is 0.0905 e. The summed E-state index contributed by atoms with van der Waals surface area (Å²) in [5, 5.41) is 7.51. The minimum Gasteiger partial charge on any atom is -0.330 e. The first kappa shape index (κ1) is 16.6. The standard InChI is InChI=1S/C10H23N.C3H3N/c1-2-3-4-5-6-7-8-9-10-11;1-2-3-4/h2-11H2,1H3;2H,1H2. The van der Waals surface area contributed by atoms with E-state index < -0.39 is 0 Å². The average molecular weight is 210 g/mol. The fraction of sp³-hybridized carbons (Fsp3) is 0.769. The van der Waals surface area contributed by atoms with Gasteiger partial charge in [0.2, 0.25) is 0 Å². The lowest BCUT2D eigenvalue weighted by Crippen LogP contribution is -1.97. The number of allylic oxidation sites excluding steroid dienone is 1. The molecule has 0 aliphatic carbocycles. The number of nitrogens with zero attached hydrogens (tertiary/aromatic N) is 1. The van der Waals surface area contributed by atoms with Gasteiger partial charge in [-0.05, 0) is 13.0 Å². The molecule has 0 unspecified atom stereocenters. The number of nitrogens with two attached hydrogens (primary N) is 1. The molecule has 88 valence electrons. The van der Waals surface area contributed by atoms with E-state index in [0.717, 1.165) is 6.54 Å². The van der Waals surface area contributed by atoms with Crippen LogP contribution in [0.25, 0.3) is 0 Å². The van der Waals surface area contributed by atoms with Crippen molar-refractivity contribution in [1.29, 1.82) is 5.26 Å². The molecule has 0 amide bonds. The van der Waals surface area contributed by atoms with E-state index in [0.29, 0.717) is 0 Å². The van der Waals surface area contributed by atoms with Crippen molar-refractivity contribution in [3.8, 4) is 6.07 Å². The van der Waals surface area contributed by atoms with Crippen LogP contribution < -0.4 is 5.73 Å². The van der Waals surface area contributed by atoms with Gasteiger partial charge in [-0.25, -0.2) is 0 Å². The van der Waals surface area contributed by atoms with E-state index >= 15 is 0 Å². The fourth-order valence-electron chi connectivity index (χ4n) is 1.28. The number of hydrogen-bond donors (Lipinski definition) is 1. The third kappa shape index (κ3) is 24.6. The summed E-state index contributed by atoms with van der Waals surface area (Å²) in [6, 6.07) is 1.69. The summed E-state index contributed by atoms with van der Waals surface area (Å²) < 4.78 is 0. The molecular weight excluding hydrogens is 184 g/mol. The van der Waals surface area contributed by atoms with Crippen LogP contribution in [-0.4, -0.2) is 6.54 Å². The molecule has 0 aromatic carbocycles. The Labute approximate surface area is 95.2 Å². The van der Waals surface area contributed by atoms with Crippen LogP contribution in [0.15, 0.2) is 12.7 Å². The Balaban J connectivity index is 0. The average Bonchev–Trinajstić information content (AvgIpc) is 2.28. The van der Waals surface area contributed by atoms with E-state index in [1.54, 1.807) is 6.07 Å². The van der Waals surface area contributed by atoms with Crippen LogP contribution in [0.1, 0.15) is 58.3 Å². The van der Waals surface area contributed by atoms with Gasteiger partial charge in [-0.15, -0.1) is 0 Å². The maximum absolute atomic E-state index is 7.51. The van der Waals surface area contributed by atoms with Gasteiger partial charge >= 0.3 is 0 Å². The number of unbranched alkanes of at least 4 members (excludes halogenated alkanes) is 7. The van der Waals surface area contributed by atoms with E-state index in [4.69, 9.17) is 11.0 Å². The Morgan fingerprint density at radius 2 is 1.47 bits per heavy atom. The second-order valence-corrected chi connectivity index (χ2v) is 3.60. The number of nitriles is 1. The SMILES string of the molecule is C=CC#N.CCCCCCCCCCN. The lowest BCUT2D eigenvalue weighted by atomic mass is 10.1. The maximum atomic E-state index is 7.51. The van der Waals surface area contributed by atoms with Crippen molar-refractivity contribution in [2.45, 2.75) is 58.3 Å². The normalized spacial score (nSPS) is 8.60. The first-order chi connectivity index (χ1) is 7.33. The Hall–Kier alpha value is -0.810. The summed E-state index contributed by atoms with van der Waals surface area (Å²) in [7, 11) is 0. The highest BCUT2D eigenvalue weighted by Gasteiger charge is 1.89. The molecule has 0 atom stereocenters. The zero-order valence-electron chi connectivity index (χ0n) is 10.2. The molecule has 15 heavy (non-hydrogen) atoms. The third-order valence-electron chi connectivity index (χ3n) is 2.15. The molecule has 0 fully saturated rings. The van der Waals surface area contributed by atoms with Crippen LogP contribution in [-0.2, 0) is 0 Å². The molecule has 2 nitrogen and oxygen atoms in total. The fourth-order valence-corrected chi connectivity index (χ4v) is 1.28. The maximum Gasteiger partial charge on any atom is 0.0905 e. The predicted molar refractivity (Wildman–Crippen MR) is 67.5 cm³/mol. The third-order valence-corrected chi connectivity index (χ3v) is 2.15. The van der Waals surface area contributed by atoms with Gasteiger partial charge in [0.05, 0.1) is 6.07 Å². The molecule has 0 heterocycles. The van der Waals surface area contributed by atoms with E-state index in [1.807, 2.05) is 0 Å². The molecule has 0 saturated heterocycles. The van der Waals surface area contributed by atoms with Crippen molar-refractivity contribution in [1.82, 2.24) is 0 Å². The molecular formula is C13H26N2. The van der Waals surface area contributed by atoms with Gasteiger partial charge in [0.1, 0.15) is 0 Å². The van der Waals surface area contributed by atoms with Gasteiger partial charge in [-0.3, -0.25) is 0 Å². The highest BCUT2D eigenvalue weighted by atomic mass is 14.5. The molecule has 0 spiro atoms. The van der Waals surface area contributed by atoms with E-state index in [-0.39, 0.29) is 0 Å². The van der Waals surface area contributed by atoms with Crippen molar-refractivity contribution in [2.75, 3.05) is 6.54 Å². The molecule has 0 bridgehead atoms. The van der Waals surface area contributed by atoms with Crippen LogP contribution in [0.3, 0.4) is 0 Å². The van der Waals surface area contributed by atoms with Crippen LogP contribution in [0.2, 0.25) is 0 Å². The van der Waals surface area contributed by atoms with Gasteiger partial charge < -0.3 is 5.73 Å². The van der Waals surface area contributed by atoms with Crippen LogP contribution >= 0.6 is 0 Å². The van der Waals surface area contributed by atoms with Crippen molar-refractivity contribution in [3.05, 3.63) is 12.7 Å². The Bertz CT molecular complexity index is 139. The zero-order chi connectivity index (χ0) is 11.8. The second kappa shape index (κ2) is 18.9. The van der Waals surface area contributed by atoms with Gasteiger partial charge in [-0.1, -0.05) is 58.4 Å². The first-order valence-electron chi connectivity index (χ1n) is 6.04. The summed E-state index contributed by atoms with van der Waals surface area (Å²) >= 11 is 0.